The molecule has 0 fully saturated rings. The summed E-state index contributed by atoms with van der Waals surface area (Å²) in [5.74, 6) is 0.365. The third-order valence-electron chi connectivity index (χ3n) is 4.82. The van der Waals surface area contributed by atoms with E-state index in [1.807, 2.05) is 32.0 Å². The van der Waals surface area contributed by atoms with Crippen LogP contribution in [0, 0.1) is 6.92 Å². The molecule has 10 heteroatoms. The second-order valence-electron chi connectivity index (χ2n) is 7.29. The highest BCUT2D eigenvalue weighted by Gasteiger charge is 2.34. The molecule has 0 spiro atoms. The van der Waals surface area contributed by atoms with Crippen LogP contribution in [0.25, 0.3) is 11.1 Å². The minimum Gasteiger partial charge on any atom is -0.496 e. The summed E-state index contributed by atoms with van der Waals surface area (Å²) in [7, 11) is -2.73. The highest BCUT2D eigenvalue weighted by atomic mass is 32.2. The van der Waals surface area contributed by atoms with Crippen LogP contribution in [0.3, 0.4) is 0 Å². The highest BCUT2D eigenvalue weighted by Crippen LogP contribution is 2.38. The molecule has 0 atom stereocenters. The normalized spacial score (nSPS) is 11.8. The molecule has 182 valence electrons. The van der Waals surface area contributed by atoms with Crippen molar-refractivity contribution in [1.29, 1.82) is 0 Å². The SMILES string of the molecule is CCOc1cc(CNS(=O)(=O)c2ccccc2OC(F)(F)F)ccc1-c1cc(C)ccc1OC. The van der Waals surface area contributed by atoms with Crippen LogP contribution in [0.1, 0.15) is 18.1 Å². The first-order valence-corrected chi connectivity index (χ1v) is 11.8. The van der Waals surface area contributed by atoms with Gasteiger partial charge < -0.3 is 14.2 Å². The van der Waals surface area contributed by atoms with Crippen LogP contribution in [0.15, 0.2) is 65.6 Å². The van der Waals surface area contributed by atoms with E-state index in [0.717, 1.165) is 28.8 Å². The lowest BCUT2D eigenvalue weighted by atomic mass is 9.99. The van der Waals surface area contributed by atoms with Gasteiger partial charge in [0.15, 0.2) is 0 Å². The molecule has 1 N–H and O–H groups in total. The average Bonchev–Trinajstić information content (AvgIpc) is 2.77. The van der Waals surface area contributed by atoms with Gasteiger partial charge in [0.05, 0.1) is 13.7 Å². The number of aryl methyl sites for hydroxylation is 1. The molecular formula is C24H24F3NO5S. The quantitative estimate of drug-likeness (QED) is 0.428. The van der Waals surface area contributed by atoms with Gasteiger partial charge in [-0.3, -0.25) is 0 Å². The molecule has 3 rings (SSSR count). The van der Waals surface area contributed by atoms with Crippen LogP contribution in [-0.2, 0) is 16.6 Å². The Morgan fingerprint density at radius 1 is 0.912 bits per heavy atom. The number of hydrogen-bond acceptors (Lipinski definition) is 5. The van der Waals surface area contributed by atoms with E-state index < -0.39 is 27.0 Å². The van der Waals surface area contributed by atoms with E-state index in [1.54, 1.807) is 25.3 Å². The molecule has 0 unspecified atom stereocenters. The number of halogens is 3. The molecule has 6 nitrogen and oxygen atoms in total. The van der Waals surface area contributed by atoms with Gasteiger partial charge in [0, 0.05) is 17.7 Å². The Labute approximate surface area is 196 Å². The van der Waals surface area contributed by atoms with Crippen molar-refractivity contribution in [2.75, 3.05) is 13.7 Å². The maximum Gasteiger partial charge on any atom is 0.573 e. The van der Waals surface area contributed by atoms with E-state index in [2.05, 4.69) is 9.46 Å². The third kappa shape index (κ3) is 6.21. The molecule has 0 aliphatic heterocycles. The molecule has 0 aliphatic rings. The maximum absolute atomic E-state index is 12.7. The summed E-state index contributed by atoms with van der Waals surface area (Å²) in [6.07, 6.45) is -5.02. The topological polar surface area (TPSA) is 73.9 Å². The smallest absolute Gasteiger partial charge is 0.496 e. The molecule has 0 aliphatic carbocycles. The van der Waals surface area contributed by atoms with Crippen LogP contribution in [-0.4, -0.2) is 28.5 Å². The average molecular weight is 496 g/mol. The zero-order chi connectivity index (χ0) is 24.9. The zero-order valence-corrected chi connectivity index (χ0v) is 19.6. The van der Waals surface area contributed by atoms with Gasteiger partial charge in [0.25, 0.3) is 0 Å². The number of sulfonamides is 1. The molecule has 3 aromatic rings. The Balaban J connectivity index is 1.89. The van der Waals surface area contributed by atoms with E-state index in [4.69, 9.17) is 9.47 Å². The first kappa shape index (κ1) is 25.4. The van der Waals surface area contributed by atoms with Crippen molar-refractivity contribution in [3.63, 3.8) is 0 Å². The number of para-hydroxylation sites is 1. The van der Waals surface area contributed by atoms with Gasteiger partial charge in [0.1, 0.15) is 22.1 Å². The summed E-state index contributed by atoms with van der Waals surface area (Å²) >= 11 is 0. The number of benzene rings is 3. The van der Waals surface area contributed by atoms with Crippen molar-refractivity contribution in [1.82, 2.24) is 4.72 Å². The van der Waals surface area contributed by atoms with Crippen LogP contribution in [0.2, 0.25) is 0 Å². The molecule has 0 radical (unpaired) electrons. The number of hydrogen-bond donors (Lipinski definition) is 1. The summed E-state index contributed by atoms with van der Waals surface area (Å²) in [6, 6.07) is 15.5. The second-order valence-corrected chi connectivity index (χ2v) is 9.02. The number of rotatable bonds is 9. The summed E-state index contributed by atoms with van der Waals surface area (Å²) in [4.78, 5) is -0.613. The molecule has 34 heavy (non-hydrogen) atoms. The summed E-state index contributed by atoms with van der Waals surface area (Å²) in [5, 5.41) is 0. The monoisotopic (exact) mass is 495 g/mol. The number of ether oxygens (including phenoxy) is 3. The largest absolute Gasteiger partial charge is 0.573 e. The van der Waals surface area contributed by atoms with Crippen molar-refractivity contribution >= 4 is 10.0 Å². The van der Waals surface area contributed by atoms with Gasteiger partial charge >= 0.3 is 6.36 Å². The number of alkyl halides is 3. The minimum absolute atomic E-state index is 0.173. The van der Waals surface area contributed by atoms with Gasteiger partial charge in [0.2, 0.25) is 10.0 Å². The van der Waals surface area contributed by atoms with Gasteiger partial charge in [-0.15, -0.1) is 13.2 Å². The van der Waals surface area contributed by atoms with Crippen molar-refractivity contribution < 1.29 is 35.8 Å². The molecule has 0 heterocycles. The molecule has 0 amide bonds. The lowest BCUT2D eigenvalue weighted by Gasteiger charge is -2.16. The standard InChI is InChI=1S/C24H24F3NO5S/c1-4-32-22-14-17(10-11-18(22)19-13-16(2)9-12-20(19)31-3)15-28-34(29,30)23-8-6-5-7-21(23)33-24(25,26)27/h5-14,28H,4,15H2,1-3H3. The third-order valence-corrected chi connectivity index (χ3v) is 6.26. The van der Waals surface area contributed by atoms with Crippen LogP contribution < -0.4 is 18.9 Å². The van der Waals surface area contributed by atoms with Crippen molar-refractivity contribution in [2.45, 2.75) is 31.7 Å². The Morgan fingerprint density at radius 3 is 2.32 bits per heavy atom. The van der Waals surface area contributed by atoms with Crippen molar-refractivity contribution in [3.05, 3.63) is 71.8 Å². The Bertz CT molecular complexity index is 1260. The van der Waals surface area contributed by atoms with Crippen LogP contribution in [0.5, 0.6) is 17.2 Å². The van der Waals surface area contributed by atoms with Crippen LogP contribution >= 0.6 is 0 Å². The Kier molecular flexibility index (Phi) is 7.73. The fourth-order valence-electron chi connectivity index (χ4n) is 3.34. The Hall–Kier alpha value is -3.24. The summed E-state index contributed by atoms with van der Waals surface area (Å²) in [6.45, 7) is 3.98. The van der Waals surface area contributed by atoms with E-state index >= 15 is 0 Å². The number of nitrogens with one attached hydrogen (secondary N) is 1. The molecular weight excluding hydrogens is 471 g/mol. The van der Waals surface area contributed by atoms with E-state index in [0.29, 0.717) is 23.7 Å². The van der Waals surface area contributed by atoms with E-state index in [1.165, 1.54) is 12.1 Å². The Morgan fingerprint density at radius 2 is 1.65 bits per heavy atom. The molecule has 0 saturated heterocycles. The molecule has 0 aromatic heterocycles. The molecule has 0 saturated carbocycles. The van der Waals surface area contributed by atoms with E-state index in [-0.39, 0.29) is 6.54 Å². The summed E-state index contributed by atoms with van der Waals surface area (Å²) in [5.41, 5.74) is 3.15. The summed E-state index contributed by atoms with van der Waals surface area (Å²) < 4.78 is 80.9. The lowest BCUT2D eigenvalue weighted by molar-refractivity contribution is -0.275. The van der Waals surface area contributed by atoms with Crippen molar-refractivity contribution in [3.8, 4) is 28.4 Å². The van der Waals surface area contributed by atoms with Gasteiger partial charge in [-0.05, 0) is 49.7 Å². The first-order valence-electron chi connectivity index (χ1n) is 10.3. The zero-order valence-electron chi connectivity index (χ0n) is 18.8. The van der Waals surface area contributed by atoms with Gasteiger partial charge in [-0.2, -0.15) is 0 Å². The fraction of sp³-hybridized carbons (Fsp3) is 0.250. The van der Waals surface area contributed by atoms with Crippen molar-refractivity contribution in [2.24, 2.45) is 0 Å². The van der Waals surface area contributed by atoms with E-state index in [9.17, 15) is 21.6 Å². The minimum atomic E-state index is -5.02. The highest BCUT2D eigenvalue weighted by molar-refractivity contribution is 7.89. The van der Waals surface area contributed by atoms with Crippen LogP contribution in [0.4, 0.5) is 13.2 Å². The predicted octanol–water partition coefficient (Wildman–Crippen LogP) is 5.45. The second kappa shape index (κ2) is 10.4. The molecule has 3 aromatic carbocycles. The number of methoxy groups -OCH3 is 1. The molecule has 0 bridgehead atoms. The predicted molar refractivity (Wildman–Crippen MR) is 121 cm³/mol. The van der Waals surface area contributed by atoms with Gasteiger partial charge in [-0.25, -0.2) is 13.1 Å². The first-order chi connectivity index (χ1) is 16.0. The maximum atomic E-state index is 12.7. The lowest BCUT2D eigenvalue weighted by Crippen LogP contribution is -2.25. The van der Waals surface area contributed by atoms with Gasteiger partial charge in [-0.1, -0.05) is 35.9 Å². The fourth-order valence-corrected chi connectivity index (χ4v) is 4.49.